The van der Waals surface area contributed by atoms with E-state index in [-0.39, 0.29) is 30.2 Å². The number of phenols is 2. The van der Waals surface area contributed by atoms with E-state index in [0.29, 0.717) is 12.4 Å². The predicted octanol–water partition coefficient (Wildman–Crippen LogP) is 5.24. The van der Waals surface area contributed by atoms with Crippen LogP contribution in [0.25, 0.3) is 0 Å². The van der Waals surface area contributed by atoms with Gasteiger partial charge in [0.25, 0.3) is 0 Å². The van der Waals surface area contributed by atoms with Crippen LogP contribution in [0.15, 0.2) is 66.7 Å². The van der Waals surface area contributed by atoms with E-state index in [9.17, 15) is 14.6 Å². The van der Waals surface area contributed by atoms with Crippen LogP contribution in [0.4, 0.5) is 4.39 Å². The van der Waals surface area contributed by atoms with E-state index in [2.05, 4.69) is 17.0 Å². The van der Waals surface area contributed by atoms with E-state index in [1.165, 1.54) is 16.7 Å². The van der Waals surface area contributed by atoms with E-state index in [0.717, 1.165) is 43.8 Å². The summed E-state index contributed by atoms with van der Waals surface area (Å²) >= 11 is 0. The summed E-state index contributed by atoms with van der Waals surface area (Å²) in [5.74, 6) is 1.97. The van der Waals surface area contributed by atoms with Crippen LogP contribution in [0.3, 0.4) is 0 Å². The standard InChI is InChI=1S/C28H30FNO3/c29-17-19-11-12-30(18-19)13-14-33-25-8-3-21(4-9-25)28-26-10-7-24(32)15-22(26)16-27(28)20-1-5-23(31)6-2-20/h1-10,15,19,27-28,31-32H,11-14,16-18H2. The molecule has 1 aliphatic carbocycles. The molecule has 3 aromatic rings. The number of hydrogen-bond acceptors (Lipinski definition) is 4. The number of ether oxygens (including phenoxy) is 1. The van der Waals surface area contributed by atoms with Crippen molar-refractivity contribution in [3.05, 3.63) is 89.0 Å². The number of likely N-dealkylation sites (tertiary alicyclic amines) is 1. The highest BCUT2D eigenvalue weighted by molar-refractivity contribution is 5.51. The van der Waals surface area contributed by atoms with E-state index in [1.54, 1.807) is 18.2 Å². The van der Waals surface area contributed by atoms with Crippen molar-refractivity contribution in [3.8, 4) is 17.2 Å². The minimum Gasteiger partial charge on any atom is -0.508 e. The number of phenolic OH excluding ortho intramolecular Hbond substituents is 2. The average Bonchev–Trinajstić information content (AvgIpc) is 3.44. The highest BCUT2D eigenvalue weighted by Crippen LogP contribution is 2.48. The minimum atomic E-state index is -0.228. The molecule has 3 atom stereocenters. The van der Waals surface area contributed by atoms with Gasteiger partial charge < -0.3 is 14.9 Å². The Morgan fingerprint density at radius 3 is 2.36 bits per heavy atom. The first-order valence-electron chi connectivity index (χ1n) is 11.7. The molecule has 1 aliphatic heterocycles. The predicted molar refractivity (Wildman–Crippen MR) is 127 cm³/mol. The van der Waals surface area contributed by atoms with Crippen LogP contribution < -0.4 is 4.74 Å². The summed E-state index contributed by atoms with van der Waals surface area (Å²) < 4.78 is 18.8. The summed E-state index contributed by atoms with van der Waals surface area (Å²) in [6.07, 6.45) is 1.78. The molecule has 4 nitrogen and oxygen atoms in total. The number of hydrogen-bond donors (Lipinski definition) is 2. The fourth-order valence-corrected chi connectivity index (χ4v) is 5.39. The third-order valence-corrected chi connectivity index (χ3v) is 7.13. The molecule has 0 spiro atoms. The van der Waals surface area contributed by atoms with Crippen LogP contribution in [0.5, 0.6) is 17.2 Å². The van der Waals surface area contributed by atoms with Gasteiger partial charge in [-0.3, -0.25) is 9.29 Å². The van der Waals surface area contributed by atoms with Crippen molar-refractivity contribution in [1.82, 2.24) is 4.90 Å². The quantitative estimate of drug-likeness (QED) is 0.520. The maximum Gasteiger partial charge on any atom is 0.119 e. The molecular weight excluding hydrogens is 417 g/mol. The fourth-order valence-electron chi connectivity index (χ4n) is 5.39. The normalized spacial score (nSPS) is 22.4. The molecule has 5 rings (SSSR count). The minimum absolute atomic E-state index is 0.168. The summed E-state index contributed by atoms with van der Waals surface area (Å²) in [7, 11) is 0. The van der Waals surface area contributed by atoms with Crippen LogP contribution in [0.1, 0.15) is 40.5 Å². The third kappa shape index (κ3) is 4.69. The second-order valence-electron chi connectivity index (χ2n) is 9.29. The molecule has 1 fully saturated rings. The van der Waals surface area contributed by atoms with E-state index in [4.69, 9.17) is 4.74 Å². The van der Waals surface area contributed by atoms with Crippen LogP contribution in [-0.2, 0) is 6.42 Å². The van der Waals surface area contributed by atoms with Crippen molar-refractivity contribution in [2.24, 2.45) is 5.92 Å². The highest BCUT2D eigenvalue weighted by Gasteiger charge is 2.35. The van der Waals surface area contributed by atoms with Crippen molar-refractivity contribution < 1.29 is 19.3 Å². The lowest BCUT2D eigenvalue weighted by Gasteiger charge is -2.22. The van der Waals surface area contributed by atoms with Gasteiger partial charge in [-0.1, -0.05) is 30.3 Å². The molecule has 3 unspecified atom stereocenters. The Morgan fingerprint density at radius 2 is 1.64 bits per heavy atom. The summed E-state index contributed by atoms with van der Waals surface area (Å²) in [5.41, 5.74) is 4.77. The van der Waals surface area contributed by atoms with E-state index < -0.39 is 0 Å². The van der Waals surface area contributed by atoms with Gasteiger partial charge in [0.15, 0.2) is 0 Å². The number of aromatic hydroxyl groups is 2. The summed E-state index contributed by atoms with van der Waals surface area (Å²) in [6, 6.07) is 21.4. The number of benzene rings is 3. The smallest absolute Gasteiger partial charge is 0.119 e. The molecule has 0 bridgehead atoms. The van der Waals surface area contributed by atoms with Gasteiger partial charge in [-0.05, 0) is 84.0 Å². The molecule has 0 amide bonds. The Labute approximate surface area is 194 Å². The van der Waals surface area contributed by atoms with E-state index in [1.807, 2.05) is 36.4 Å². The van der Waals surface area contributed by atoms with Crippen molar-refractivity contribution in [2.75, 3.05) is 32.9 Å². The SMILES string of the molecule is Oc1ccc(C2Cc3cc(O)ccc3C2c2ccc(OCCN3CCC(CF)C3)cc2)cc1. The maximum atomic E-state index is 12.8. The molecule has 172 valence electrons. The Kier molecular flexibility index (Phi) is 6.23. The second kappa shape index (κ2) is 9.44. The van der Waals surface area contributed by atoms with Gasteiger partial charge >= 0.3 is 0 Å². The summed E-state index contributed by atoms with van der Waals surface area (Å²) in [4.78, 5) is 2.27. The average molecular weight is 448 g/mol. The van der Waals surface area contributed by atoms with E-state index >= 15 is 0 Å². The zero-order valence-electron chi connectivity index (χ0n) is 18.7. The largest absolute Gasteiger partial charge is 0.508 e. The lowest BCUT2D eigenvalue weighted by molar-refractivity contribution is 0.228. The van der Waals surface area contributed by atoms with Crippen molar-refractivity contribution in [2.45, 2.75) is 24.7 Å². The molecule has 2 N–H and O–H groups in total. The number of nitrogens with zero attached hydrogens (tertiary/aromatic N) is 1. The molecule has 33 heavy (non-hydrogen) atoms. The fraction of sp³-hybridized carbons (Fsp3) is 0.357. The third-order valence-electron chi connectivity index (χ3n) is 7.13. The van der Waals surface area contributed by atoms with Gasteiger partial charge in [0, 0.05) is 24.9 Å². The highest BCUT2D eigenvalue weighted by atomic mass is 19.1. The Hall–Kier alpha value is -3.05. The first-order valence-corrected chi connectivity index (χ1v) is 11.7. The lowest BCUT2D eigenvalue weighted by atomic mass is 9.82. The van der Waals surface area contributed by atoms with Crippen LogP contribution in [0, 0.1) is 5.92 Å². The van der Waals surface area contributed by atoms with Gasteiger partial charge in [-0.25, -0.2) is 0 Å². The molecule has 2 aliphatic rings. The van der Waals surface area contributed by atoms with Crippen molar-refractivity contribution >= 4 is 0 Å². The van der Waals surface area contributed by atoms with Gasteiger partial charge in [-0.2, -0.15) is 0 Å². The molecule has 5 heteroatoms. The number of rotatable bonds is 7. The van der Waals surface area contributed by atoms with Gasteiger partial charge in [-0.15, -0.1) is 0 Å². The Bertz CT molecular complexity index is 1080. The van der Waals surface area contributed by atoms with Crippen molar-refractivity contribution in [1.29, 1.82) is 0 Å². The topological polar surface area (TPSA) is 52.9 Å². The van der Waals surface area contributed by atoms with Crippen LogP contribution in [0.2, 0.25) is 0 Å². The zero-order valence-corrected chi connectivity index (χ0v) is 18.7. The van der Waals surface area contributed by atoms with Crippen LogP contribution >= 0.6 is 0 Å². The lowest BCUT2D eigenvalue weighted by Crippen LogP contribution is -2.26. The Balaban J connectivity index is 1.31. The molecule has 1 heterocycles. The molecule has 0 saturated carbocycles. The van der Waals surface area contributed by atoms with Crippen LogP contribution in [-0.4, -0.2) is 48.0 Å². The number of halogens is 1. The van der Waals surface area contributed by atoms with Gasteiger partial charge in [0.1, 0.15) is 23.9 Å². The monoisotopic (exact) mass is 447 g/mol. The maximum absolute atomic E-state index is 12.8. The first kappa shape index (κ1) is 21.8. The number of alkyl halides is 1. The molecular formula is C28H30FNO3. The van der Waals surface area contributed by atoms with Crippen molar-refractivity contribution in [3.63, 3.8) is 0 Å². The molecule has 1 saturated heterocycles. The molecule has 0 aromatic heterocycles. The zero-order chi connectivity index (χ0) is 22.8. The number of fused-ring (bicyclic) bond motifs is 1. The Morgan fingerprint density at radius 1 is 0.909 bits per heavy atom. The molecule has 0 radical (unpaired) electrons. The van der Waals surface area contributed by atoms with Gasteiger partial charge in [0.2, 0.25) is 0 Å². The second-order valence-corrected chi connectivity index (χ2v) is 9.29. The molecule has 3 aromatic carbocycles. The summed E-state index contributed by atoms with van der Waals surface area (Å²) in [5, 5.41) is 19.7. The van der Waals surface area contributed by atoms with Gasteiger partial charge in [0.05, 0.1) is 6.67 Å². The first-order chi connectivity index (χ1) is 16.1. The summed E-state index contributed by atoms with van der Waals surface area (Å²) in [6.45, 7) is 2.97.